The number of methoxy groups -OCH3 is 1. The summed E-state index contributed by atoms with van der Waals surface area (Å²) in [5, 5.41) is 3.24. The summed E-state index contributed by atoms with van der Waals surface area (Å²) in [5.41, 5.74) is -1.98. The summed E-state index contributed by atoms with van der Waals surface area (Å²) in [6.07, 6.45) is -3.64. The predicted octanol–water partition coefficient (Wildman–Crippen LogP) is 3.25. The van der Waals surface area contributed by atoms with Gasteiger partial charge in [0.1, 0.15) is 29.3 Å². The topological polar surface area (TPSA) is 112 Å². The molecule has 1 fully saturated rings. The van der Waals surface area contributed by atoms with Crippen molar-refractivity contribution < 1.29 is 41.0 Å². The highest BCUT2D eigenvalue weighted by molar-refractivity contribution is 5.98. The van der Waals surface area contributed by atoms with Crippen molar-refractivity contribution in [3.05, 3.63) is 104 Å². The molecule has 46 heavy (non-hydrogen) atoms. The van der Waals surface area contributed by atoms with Crippen molar-refractivity contribution in [3.63, 3.8) is 0 Å². The number of halogens is 5. The minimum atomic E-state index is -4.74. The maximum absolute atomic E-state index is 15.2. The summed E-state index contributed by atoms with van der Waals surface area (Å²) in [6, 6.07) is 8.57. The number of alkyl halides is 3. The Morgan fingerprint density at radius 1 is 1.04 bits per heavy atom. The fourth-order valence-electron chi connectivity index (χ4n) is 5.43. The molecule has 5 rings (SSSR count). The molecule has 0 bridgehead atoms. The van der Waals surface area contributed by atoms with Crippen molar-refractivity contribution in [3.8, 4) is 5.69 Å². The first kappa shape index (κ1) is 32.3. The number of amides is 1. The van der Waals surface area contributed by atoms with E-state index in [1.807, 2.05) is 0 Å². The molecular formula is C31H27F5N4O6. The van der Waals surface area contributed by atoms with Crippen LogP contribution in [0.4, 0.5) is 27.6 Å². The summed E-state index contributed by atoms with van der Waals surface area (Å²) < 4.78 is 82.9. The van der Waals surface area contributed by atoms with Crippen LogP contribution in [0.1, 0.15) is 15.9 Å². The number of rotatable bonds is 7. The first-order valence-corrected chi connectivity index (χ1v) is 13.9. The minimum absolute atomic E-state index is 0.104. The Morgan fingerprint density at radius 3 is 2.39 bits per heavy atom. The number of hydrogen-bond donors (Lipinski definition) is 1. The van der Waals surface area contributed by atoms with E-state index >= 15 is 8.78 Å². The van der Waals surface area contributed by atoms with Gasteiger partial charge in [0.05, 0.1) is 26.0 Å². The van der Waals surface area contributed by atoms with Gasteiger partial charge in [0.15, 0.2) is 0 Å². The fraction of sp³-hybridized carbons (Fsp3) is 0.290. The highest BCUT2D eigenvalue weighted by Gasteiger charge is 2.46. The van der Waals surface area contributed by atoms with E-state index in [-0.39, 0.29) is 25.3 Å². The number of carbonyl (C=O) groups is 2. The number of aryl methyl sites for hydroxylation is 1. The van der Waals surface area contributed by atoms with Crippen LogP contribution >= 0.6 is 0 Å². The molecule has 0 saturated carbocycles. The summed E-state index contributed by atoms with van der Waals surface area (Å²) in [4.78, 5) is 52.1. The number of nitrogens with one attached hydrogen (secondary N) is 1. The molecular weight excluding hydrogens is 619 g/mol. The van der Waals surface area contributed by atoms with Crippen LogP contribution in [0.3, 0.4) is 0 Å². The number of nitrogens with zero attached hydrogens (tertiary/aromatic N) is 3. The molecule has 10 nitrogen and oxygen atoms in total. The second-order valence-electron chi connectivity index (χ2n) is 10.5. The Kier molecular flexibility index (Phi) is 8.96. The van der Waals surface area contributed by atoms with Gasteiger partial charge in [0.2, 0.25) is 0 Å². The molecule has 0 unspecified atom stereocenters. The maximum Gasteiger partial charge on any atom is 0.411 e. The first-order valence-electron chi connectivity index (χ1n) is 13.9. The van der Waals surface area contributed by atoms with E-state index in [1.54, 1.807) is 36.4 Å². The van der Waals surface area contributed by atoms with Crippen molar-refractivity contribution >= 4 is 28.3 Å². The Morgan fingerprint density at radius 2 is 1.72 bits per heavy atom. The average molecular weight is 647 g/mol. The van der Waals surface area contributed by atoms with E-state index in [4.69, 9.17) is 9.47 Å². The van der Waals surface area contributed by atoms with Gasteiger partial charge in [-0.1, -0.05) is 30.3 Å². The molecule has 1 N–H and O–H groups in total. The molecule has 1 aliphatic rings. The zero-order chi connectivity index (χ0) is 33.3. The normalized spacial score (nSPS) is 15.9. The van der Waals surface area contributed by atoms with Gasteiger partial charge in [0.25, 0.3) is 11.5 Å². The molecule has 1 amide bonds. The highest BCUT2D eigenvalue weighted by Crippen LogP contribution is 2.33. The van der Waals surface area contributed by atoms with Crippen LogP contribution in [0.25, 0.3) is 16.5 Å². The summed E-state index contributed by atoms with van der Waals surface area (Å²) in [5.74, 6) is -5.17. The summed E-state index contributed by atoms with van der Waals surface area (Å²) in [7, 11) is 2.54. The SMILES string of the molecule is COC(=O)[C@H](Cc1cccc2c(-n3c(=O)ccn(C)c3=O)cccc12)NC(=O)c1c(F)cc(N2CCOC[C@@H]2C(F)(F)F)cc1F. The number of carbonyl (C=O) groups excluding carboxylic acids is 2. The molecule has 3 aromatic carbocycles. The van der Waals surface area contributed by atoms with E-state index in [2.05, 4.69) is 5.32 Å². The van der Waals surface area contributed by atoms with E-state index < -0.39 is 70.9 Å². The van der Waals surface area contributed by atoms with Gasteiger partial charge in [-0.15, -0.1) is 0 Å². The zero-order valence-electron chi connectivity index (χ0n) is 24.4. The van der Waals surface area contributed by atoms with E-state index in [0.717, 1.165) is 16.6 Å². The van der Waals surface area contributed by atoms with Gasteiger partial charge >= 0.3 is 17.8 Å². The lowest BCUT2D eigenvalue weighted by Crippen LogP contribution is -2.53. The largest absolute Gasteiger partial charge is 0.467 e. The van der Waals surface area contributed by atoms with Crippen molar-refractivity contribution in [2.45, 2.75) is 24.7 Å². The summed E-state index contributed by atoms with van der Waals surface area (Å²) in [6.45, 7) is -1.13. The molecule has 2 heterocycles. The van der Waals surface area contributed by atoms with Crippen molar-refractivity contribution in [2.75, 3.05) is 31.8 Å². The predicted molar refractivity (Wildman–Crippen MR) is 156 cm³/mol. The third kappa shape index (κ3) is 6.22. The number of morpholine rings is 1. The van der Waals surface area contributed by atoms with E-state index in [9.17, 15) is 32.3 Å². The zero-order valence-corrected chi connectivity index (χ0v) is 24.4. The molecule has 2 atom stereocenters. The average Bonchev–Trinajstić information content (AvgIpc) is 3.01. The molecule has 0 aliphatic carbocycles. The minimum Gasteiger partial charge on any atom is -0.467 e. The molecule has 4 aromatic rings. The van der Waals surface area contributed by atoms with Crippen molar-refractivity contribution in [1.29, 1.82) is 0 Å². The Bertz CT molecular complexity index is 1920. The van der Waals surface area contributed by atoms with Gasteiger partial charge in [-0.3, -0.25) is 9.59 Å². The number of hydrogen-bond acceptors (Lipinski definition) is 7. The van der Waals surface area contributed by atoms with Crippen LogP contribution in [-0.2, 0) is 27.7 Å². The fourth-order valence-corrected chi connectivity index (χ4v) is 5.43. The number of aromatic nitrogens is 2. The second-order valence-corrected chi connectivity index (χ2v) is 10.5. The molecule has 1 saturated heterocycles. The van der Waals surface area contributed by atoms with Crippen LogP contribution in [0.2, 0.25) is 0 Å². The molecule has 15 heteroatoms. The number of benzene rings is 3. The Balaban J connectivity index is 1.46. The van der Waals surface area contributed by atoms with E-state index in [1.165, 1.54) is 23.9 Å². The smallest absolute Gasteiger partial charge is 0.411 e. The number of esters is 1. The van der Waals surface area contributed by atoms with Gasteiger partial charge in [-0.25, -0.2) is 22.9 Å². The second kappa shape index (κ2) is 12.7. The number of ether oxygens (including phenoxy) is 2. The standard InChI is InChI=1S/C31H27F5N4O6/c1-38-10-9-26(41)40(30(38)44)24-8-4-6-19-17(5-3-7-20(19)24)13-23(29(43)45-2)37-28(42)27-21(32)14-18(15-22(27)33)39-11-12-46-16-25(39)31(34,35)36/h3-10,14-15,23,25H,11-13,16H2,1-2H3,(H,37,42)/t23-,25+/m0/s1. The van der Waals surface area contributed by atoms with Crippen LogP contribution in [0, 0.1) is 11.6 Å². The Hall–Kier alpha value is -5.05. The molecule has 1 aromatic heterocycles. The third-order valence-corrected chi connectivity index (χ3v) is 7.69. The Labute approximate surface area is 257 Å². The third-order valence-electron chi connectivity index (χ3n) is 7.69. The van der Waals surface area contributed by atoms with Crippen LogP contribution in [0.15, 0.2) is 70.4 Å². The van der Waals surface area contributed by atoms with Crippen molar-refractivity contribution in [1.82, 2.24) is 14.5 Å². The maximum atomic E-state index is 15.2. The van der Waals surface area contributed by atoms with Crippen molar-refractivity contribution in [2.24, 2.45) is 7.05 Å². The van der Waals surface area contributed by atoms with Gasteiger partial charge < -0.3 is 24.3 Å². The first-order chi connectivity index (χ1) is 21.8. The quantitative estimate of drug-likeness (QED) is 0.243. The number of fused-ring (bicyclic) bond motifs is 1. The highest BCUT2D eigenvalue weighted by atomic mass is 19.4. The molecule has 1 aliphatic heterocycles. The lowest BCUT2D eigenvalue weighted by atomic mass is 9.97. The lowest BCUT2D eigenvalue weighted by molar-refractivity contribution is -0.167. The van der Waals surface area contributed by atoms with Crippen LogP contribution in [-0.4, -0.2) is 66.1 Å². The lowest BCUT2D eigenvalue weighted by Gasteiger charge is -2.38. The van der Waals surface area contributed by atoms with E-state index in [0.29, 0.717) is 28.5 Å². The molecule has 0 radical (unpaired) electrons. The van der Waals surface area contributed by atoms with Crippen LogP contribution < -0.4 is 21.5 Å². The van der Waals surface area contributed by atoms with Gasteiger partial charge in [0, 0.05) is 43.4 Å². The number of anilines is 1. The van der Waals surface area contributed by atoms with Crippen LogP contribution in [0.5, 0.6) is 0 Å². The molecule has 242 valence electrons. The van der Waals surface area contributed by atoms with Gasteiger partial charge in [-0.05, 0) is 29.1 Å². The van der Waals surface area contributed by atoms with Gasteiger partial charge in [-0.2, -0.15) is 13.2 Å². The summed E-state index contributed by atoms with van der Waals surface area (Å²) >= 11 is 0. The monoisotopic (exact) mass is 646 g/mol. The molecule has 0 spiro atoms.